The first-order valence-electron chi connectivity index (χ1n) is 20.6. The summed E-state index contributed by atoms with van der Waals surface area (Å²) in [5.74, 6) is 0.573. The van der Waals surface area contributed by atoms with Crippen LogP contribution in [-0.2, 0) is 41.5 Å². The number of fused-ring (bicyclic) bond motifs is 5. The van der Waals surface area contributed by atoms with Gasteiger partial charge in [-0.15, -0.1) is 36.4 Å². The van der Waals surface area contributed by atoms with Crippen molar-refractivity contribution >= 4 is 63.4 Å². The van der Waals surface area contributed by atoms with Crippen molar-refractivity contribution < 1.29 is 24.2 Å². The van der Waals surface area contributed by atoms with Crippen molar-refractivity contribution in [1.29, 1.82) is 0 Å². The van der Waals surface area contributed by atoms with Crippen molar-refractivity contribution in [3.8, 4) is 11.1 Å². The third-order valence-electron chi connectivity index (χ3n) is 11.1. The monoisotopic (exact) mass is 956 g/mol. The molecule has 0 aromatic heterocycles. The van der Waals surface area contributed by atoms with E-state index in [4.69, 9.17) is 23.2 Å². The fourth-order valence-electron chi connectivity index (χ4n) is 7.90. The topological polar surface area (TPSA) is 0 Å². The molecule has 0 N–H and O–H groups in total. The molecule has 0 saturated carbocycles. The average molecular weight is 960 g/mol. The van der Waals surface area contributed by atoms with Crippen LogP contribution in [0.2, 0.25) is 10.0 Å². The van der Waals surface area contributed by atoms with Crippen LogP contribution in [0.15, 0.2) is 96.6 Å². The summed E-state index contributed by atoms with van der Waals surface area (Å²) >= 11 is 12.3. The summed E-state index contributed by atoms with van der Waals surface area (Å²) in [6, 6.07) is 30.1. The Morgan fingerprint density at radius 3 is 1.57 bits per heavy atom. The predicted molar refractivity (Wildman–Crippen MR) is 266 cm³/mol. The molecule has 5 heteroatoms. The molecule has 4 aliphatic carbocycles. The van der Waals surface area contributed by atoms with E-state index < -0.39 is 0 Å². The van der Waals surface area contributed by atoms with Crippen molar-refractivity contribution in [3.63, 3.8) is 0 Å². The minimum absolute atomic E-state index is 0. The molecule has 4 aliphatic rings. The van der Waals surface area contributed by atoms with E-state index in [1.165, 1.54) is 91.9 Å². The zero-order chi connectivity index (χ0) is 43.4. The van der Waals surface area contributed by atoms with Crippen LogP contribution in [0.5, 0.6) is 0 Å². The first-order chi connectivity index (χ1) is 26.9. The number of benzene rings is 4. The molecule has 322 valence electrons. The van der Waals surface area contributed by atoms with E-state index in [9.17, 15) is 0 Å². The average Bonchev–Trinajstić information content (AvgIpc) is 3.90. The van der Waals surface area contributed by atoms with E-state index in [0.29, 0.717) is 11.3 Å². The number of allylic oxidation sites excluding steroid dienone is 8. The van der Waals surface area contributed by atoms with Gasteiger partial charge in [0.2, 0.25) is 0 Å². The van der Waals surface area contributed by atoms with Gasteiger partial charge in [0.25, 0.3) is 0 Å². The zero-order valence-electron chi connectivity index (χ0n) is 38.4. The van der Waals surface area contributed by atoms with Crippen LogP contribution in [0, 0.1) is 46.4 Å². The van der Waals surface area contributed by atoms with Gasteiger partial charge in [-0.1, -0.05) is 148 Å². The van der Waals surface area contributed by atoms with Crippen LogP contribution >= 0.6 is 48.0 Å². The van der Waals surface area contributed by atoms with Gasteiger partial charge < -0.3 is 0 Å². The maximum absolute atomic E-state index is 5.51. The number of hydrogen-bond donors (Lipinski definition) is 0. The van der Waals surface area contributed by atoms with Gasteiger partial charge in [0.15, 0.2) is 0 Å². The molecule has 0 heterocycles. The Morgan fingerprint density at radius 2 is 1.20 bits per heavy atom. The maximum atomic E-state index is 5.51. The van der Waals surface area contributed by atoms with Gasteiger partial charge in [0.05, 0.1) is 0 Å². The first kappa shape index (κ1) is 53.9. The molecule has 0 spiro atoms. The molecular weight excluding hydrogens is 894 g/mol. The molecule has 4 aromatic carbocycles. The van der Waals surface area contributed by atoms with Crippen molar-refractivity contribution in [2.24, 2.45) is 22.2 Å². The molecule has 1 atom stereocenters. The Kier molecular flexibility index (Phi) is 19.2. The van der Waals surface area contributed by atoms with Crippen molar-refractivity contribution in [2.75, 3.05) is 0 Å². The molecule has 0 radical (unpaired) electrons. The van der Waals surface area contributed by atoms with Crippen LogP contribution in [-0.4, -0.2) is 4.21 Å². The molecule has 0 bridgehead atoms. The van der Waals surface area contributed by atoms with E-state index in [1.807, 2.05) is 36.4 Å². The van der Waals surface area contributed by atoms with E-state index in [-0.39, 0.29) is 46.5 Å². The molecular formula is C55H66Cl4Zr-4. The fraction of sp³-hybridized carbons (Fsp3) is 0.400. The Hall–Kier alpha value is -2.25. The Morgan fingerprint density at radius 1 is 0.700 bits per heavy atom. The standard InChI is InChI=1S/C31H37.C11H17.2C6H4Cl.CH2.2ClH.Zr/c1-28(2,3)26-16-30(7,8)24-12-18-11-19-13-25-23(15-21(19)20(18)14-22(24)26)27(29(4,5)6)17-31(25,9)10;1-5-9-6-7-10(8-9)11(2,3)4;2*7-6-4-2-1-3-5-6;;;;/h12-16H,11H2,1-10H3;7-9H,5H2,1-4H3;2*1-2,4-5H;1H2;2*1H;/q4*-1;;;;. The summed E-state index contributed by atoms with van der Waals surface area (Å²) in [5.41, 5.74) is 16.6. The third kappa shape index (κ3) is 13.1. The summed E-state index contributed by atoms with van der Waals surface area (Å²) in [6.45, 7) is 32.3. The number of rotatable bonds is 1. The van der Waals surface area contributed by atoms with Gasteiger partial charge >= 0.3 is 28.4 Å². The Labute approximate surface area is 402 Å². The second-order valence-corrected chi connectivity index (χ2v) is 20.7. The molecule has 8 rings (SSSR count). The van der Waals surface area contributed by atoms with E-state index in [2.05, 4.69) is 168 Å². The summed E-state index contributed by atoms with van der Waals surface area (Å²) in [6.07, 6.45) is 16.4. The van der Waals surface area contributed by atoms with Crippen LogP contribution in [0.4, 0.5) is 0 Å². The Balaban J connectivity index is 0.000000348. The van der Waals surface area contributed by atoms with E-state index in [0.717, 1.165) is 16.5 Å². The second-order valence-electron chi connectivity index (χ2n) is 19.8. The van der Waals surface area contributed by atoms with Gasteiger partial charge in [-0.2, -0.15) is 101 Å². The van der Waals surface area contributed by atoms with Gasteiger partial charge in [0, 0.05) is 5.41 Å². The fourth-order valence-corrected chi connectivity index (χ4v) is 8.17. The van der Waals surface area contributed by atoms with Gasteiger partial charge in [-0.05, 0) is 62.3 Å². The van der Waals surface area contributed by atoms with Crippen LogP contribution < -0.4 is 0 Å². The molecule has 0 fully saturated rings. The second kappa shape index (κ2) is 21.4. The normalized spacial score (nSPS) is 16.9. The summed E-state index contributed by atoms with van der Waals surface area (Å²) in [5, 5.41) is 1.48. The first-order valence-corrected chi connectivity index (χ1v) is 23.1. The molecule has 60 heavy (non-hydrogen) atoms. The molecule has 0 nitrogen and oxygen atoms in total. The van der Waals surface area contributed by atoms with Crippen LogP contribution in [0.25, 0.3) is 22.3 Å². The molecule has 0 saturated heterocycles. The predicted octanol–water partition coefficient (Wildman–Crippen LogP) is 16.9. The van der Waals surface area contributed by atoms with Gasteiger partial charge in [-0.3, -0.25) is 12.2 Å². The zero-order valence-corrected chi connectivity index (χ0v) is 44.0. The molecule has 4 aromatic rings. The SMILES string of the molecule is CC(C)(C)C1=[C-]C(C)(C)c2cc3c(cc21)-c1cc2c(cc1C3)C(C)(C)C=C2C(C)(C)C.CCC1[C-]=CC(C(C)(C)C)=C1.Cl.Cl.Clc1c[c-]ccc1.Clc1c[c-]ccc1.[CH2]=[Zr]. The summed E-state index contributed by atoms with van der Waals surface area (Å²) in [7, 11) is 0. The summed E-state index contributed by atoms with van der Waals surface area (Å²) < 4.78 is 3.34. The van der Waals surface area contributed by atoms with Crippen molar-refractivity contribution in [1.82, 2.24) is 0 Å². The quantitative estimate of drug-likeness (QED) is 0.147. The van der Waals surface area contributed by atoms with Crippen molar-refractivity contribution in [3.05, 3.63) is 164 Å². The Bertz CT molecular complexity index is 2050. The van der Waals surface area contributed by atoms with E-state index in [1.54, 1.807) is 12.1 Å². The van der Waals surface area contributed by atoms with Gasteiger partial charge in [-0.25, -0.2) is 11.6 Å². The minimum atomic E-state index is -0.0202. The van der Waals surface area contributed by atoms with Crippen molar-refractivity contribution in [2.45, 2.75) is 121 Å². The number of halogens is 4. The van der Waals surface area contributed by atoms with Crippen LogP contribution in [0.3, 0.4) is 0 Å². The van der Waals surface area contributed by atoms with E-state index >= 15 is 0 Å². The molecule has 0 aliphatic heterocycles. The van der Waals surface area contributed by atoms with Crippen LogP contribution in [0.1, 0.15) is 137 Å². The number of hydrogen-bond acceptors (Lipinski definition) is 0. The summed E-state index contributed by atoms with van der Waals surface area (Å²) in [4.78, 5) is 0. The van der Waals surface area contributed by atoms with Gasteiger partial charge in [0.1, 0.15) is 0 Å². The molecule has 0 amide bonds. The molecule has 1 unspecified atom stereocenters. The third-order valence-corrected chi connectivity index (χ3v) is 11.5.